The topological polar surface area (TPSA) is 114 Å². The van der Waals surface area contributed by atoms with Gasteiger partial charge in [0.15, 0.2) is 0 Å². The van der Waals surface area contributed by atoms with E-state index in [1.165, 1.54) is 18.4 Å². The van der Waals surface area contributed by atoms with Crippen LogP contribution in [-0.4, -0.2) is 70.3 Å². The average Bonchev–Trinajstić information content (AvgIpc) is 3.41. The van der Waals surface area contributed by atoms with Crippen molar-refractivity contribution in [1.29, 1.82) is 0 Å². The summed E-state index contributed by atoms with van der Waals surface area (Å²) in [4.78, 5) is 31.2. The van der Waals surface area contributed by atoms with Crippen LogP contribution in [-0.2, 0) is 16.1 Å². The van der Waals surface area contributed by atoms with Crippen molar-refractivity contribution in [2.75, 3.05) is 37.6 Å². The molecular formula is C23H32N6O3. The maximum absolute atomic E-state index is 13.5. The second-order valence-electron chi connectivity index (χ2n) is 9.13. The lowest BCUT2D eigenvalue weighted by molar-refractivity contribution is -0.132. The number of likely N-dealkylation sites (tertiary alicyclic amines) is 1. The number of aromatic nitrogens is 3. The number of aromatic amines is 1. The fourth-order valence-electron chi connectivity index (χ4n) is 5.10. The van der Waals surface area contributed by atoms with Crippen LogP contribution >= 0.6 is 0 Å². The van der Waals surface area contributed by atoms with Gasteiger partial charge >= 0.3 is 0 Å². The summed E-state index contributed by atoms with van der Waals surface area (Å²) in [6.45, 7) is 5.10. The van der Waals surface area contributed by atoms with Gasteiger partial charge in [0.05, 0.1) is 11.6 Å². The Morgan fingerprint density at radius 2 is 2.19 bits per heavy atom. The zero-order chi connectivity index (χ0) is 22.4. The molecular weight excluding hydrogens is 408 g/mol. The highest BCUT2D eigenvalue weighted by Gasteiger charge is 2.53. The molecule has 1 amide bonds. The SMILES string of the molecule is O=C(NCC1CC1)[C@@]12CCCN(Cc3cn[nH]c3)C[C@H]1CN(c1ccccn1)C2.O=CO. The number of carbonyl (C=O) groups excluding carboxylic acids is 1. The molecule has 2 aromatic rings. The van der Waals surface area contributed by atoms with Crippen molar-refractivity contribution in [2.45, 2.75) is 32.2 Å². The molecule has 0 bridgehead atoms. The van der Waals surface area contributed by atoms with Gasteiger partial charge in [0.2, 0.25) is 5.91 Å². The third-order valence-electron chi connectivity index (χ3n) is 6.91. The Morgan fingerprint density at radius 3 is 2.88 bits per heavy atom. The van der Waals surface area contributed by atoms with Crippen molar-refractivity contribution < 1.29 is 14.7 Å². The number of amides is 1. The Labute approximate surface area is 188 Å². The fraction of sp³-hybridized carbons (Fsp3) is 0.565. The van der Waals surface area contributed by atoms with Crippen LogP contribution in [0.2, 0.25) is 0 Å². The first-order valence-electron chi connectivity index (χ1n) is 11.4. The Bertz CT molecular complexity index is 873. The molecule has 9 nitrogen and oxygen atoms in total. The highest BCUT2D eigenvalue weighted by Crippen LogP contribution is 2.44. The lowest BCUT2D eigenvalue weighted by Crippen LogP contribution is -2.48. The van der Waals surface area contributed by atoms with Crippen molar-refractivity contribution in [2.24, 2.45) is 17.3 Å². The molecule has 3 N–H and O–H groups in total. The normalized spacial score (nSPS) is 25.2. The van der Waals surface area contributed by atoms with Crippen LogP contribution in [0.5, 0.6) is 0 Å². The van der Waals surface area contributed by atoms with Gasteiger partial charge in [0.25, 0.3) is 6.47 Å². The fourth-order valence-corrected chi connectivity index (χ4v) is 5.10. The molecule has 0 radical (unpaired) electrons. The maximum Gasteiger partial charge on any atom is 0.290 e. The first-order chi connectivity index (χ1) is 15.6. The molecule has 1 saturated carbocycles. The number of hydrogen-bond donors (Lipinski definition) is 3. The molecule has 1 aliphatic carbocycles. The molecule has 2 aliphatic heterocycles. The number of anilines is 1. The van der Waals surface area contributed by atoms with Crippen LogP contribution in [0.15, 0.2) is 36.8 Å². The zero-order valence-electron chi connectivity index (χ0n) is 18.3. The molecule has 9 heteroatoms. The summed E-state index contributed by atoms with van der Waals surface area (Å²) in [7, 11) is 0. The highest BCUT2D eigenvalue weighted by molar-refractivity contribution is 5.84. The van der Waals surface area contributed by atoms with Gasteiger partial charge in [-0.3, -0.25) is 19.6 Å². The average molecular weight is 441 g/mol. The predicted molar refractivity (Wildman–Crippen MR) is 120 cm³/mol. The number of nitrogens with one attached hydrogen (secondary N) is 2. The van der Waals surface area contributed by atoms with Gasteiger partial charge in [-0.15, -0.1) is 0 Å². The summed E-state index contributed by atoms with van der Waals surface area (Å²) >= 11 is 0. The minimum Gasteiger partial charge on any atom is -0.483 e. The molecule has 2 aromatic heterocycles. The summed E-state index contributed by atoms with van der Waals surface area (Å²) in [6.07, 6.45) is 10.2. The molecule has 5 rings (SSSR count). The van der Waals surface area contributed by atoms with E-state index in [0.29, 0.717) is 11.8 Å². The van der Waals surface area contributed by atoms with Gasteiger partial charge in [-0.2, -0.15) is 5.10 Å². The van der Waals surface area contributed by atoms with Gasteiger partial charge in [-0.1, -0.05) is 6.07 Å². The molecule has 3 aliphatic rings. The lowest BCUT2D eigenvalue weighted by atomic mass is 9.74. The maximum atomic E-state index is 13.5. The zero-order valence-corrected chi connectivity index (χ0v) is 18.3. The minimum atomic E-state index is -0.322. The van der Waals surface area contributed by atoms with E-state index in [0.717, 1.165) is 57.9 Å². The van der Waals surface area contributed by atoms with E-state index < -0.39 is 0 Å². The van der Waals surface area contributed by atoms with Gasteiger partial charge in [0.1, 0.15) is 5.82 Å². The smallest absolute Gasteiger partial charge is 0.290 e. The third-order valence-corrected chi connectivity index (χ3v) is 6.91. The first kappa shape index (κ1) is 22.3. The summed E-state index contributed by atoms with van der Waals surface area (Å²) in [6, 6.07) is 6.04. The number of carbonyl (C=O) groups is 2. The van der Waals surface area contributed by atoms with E-state index in [1.54, 1.807) is 0 Å². The molecule has 32 heavy (non-hydrogen) atoms. The standard InChI is InChI=1S/C22H30N6O.CH2O2/c29-21(24-10-17-5-6-17)22-7-3-9-27(13-18-11-25-26-12-18)14-19(22)15-28(16-22)20-4-1-2-8-23-20;2-1-3/h1-2,4,8,11-12,17,19H,3,5-7,9-10,13-16H2,(H,24,29)(H,25,26);1H,(H,2,3)/t19-,22+;/m0./s1. The van der Waals surface area contributed by atoms with E-state index in [9.17, 15) is 4.79 Å². The molecule has 2 saturated heterocycles. The number of H-pyrrole nitrogens is 1. The van der Waals surface area contributed by atoms with Crippen molar-refractivity contribution in [1.82, 2.24) is 25.4 Å². The summed E-state index contributed by atoms with van der Waals surface area (Å²) < 4.78 is 0. The second kappa shape index (κ2) is 10.1. The molecule has 172 valence electrons. The van der Waals surface area contributed by atoms with Gasteiger partial charge in [-0.05, 0) is 50.3 Å². The number of hydrogen-bond acceptors (Lipinski definition) is 6. The van der Waals surface area contributed by atoms with Crippen molar-refractivity contribution >= 4 is 18.2 Å². The predicted octanol–water partition coefficient (Wildman–Crippen LogP) is 1.75. The minimum absolute atomic E-state index is 0.250. The number of pyridine rings is 1. The monoisotopic (exact) mass is 440 g/mol. The quantitative estimate of drug-likeness (QED) is 0.586. The first-order valence-corrected chi connectivity index (χ1v) is 11.4. The van der Waals surface area contributed by atoms with Crippen LogP contribution in [0.25, 0.3) is 0 Å². The van der Waals surface area contributed by atoms with Crippen molar-refractivity contribution in [3.63, 3.8) is 0 Å². The van der Waals surface area contributed by atoms with Crippen molar-refractivity contribution in [3.8, 4) is 0 Å². The Kier molecular flexibility index (Phi) is 7.04. The molecule has 0 spiro atoms. The summed E-state index contributed by atoms with van der Waals surface area (Å²) in [5.41, 5.74) is 0.882. The van der Waals surface area contributed by atoms with Crippen molar-refractivity contribution in [3.05, 3.63) is 42.4 Å². The van der Waals surface area contributed by atoms with E-state index in [4.69, 9.17) is 9.90 Å². The molecule has 3 fully saturated rings. The second-order valence-corrected chi connectivity index (χ2v) is 9.13. The molecule has 4 heterocycles. The molecule has 0 unspecified atom stereocenters. The largest absolute Gasteiger partial charge is 0.483 e. The summed E-state index contributed by atoms with van der Waals surface area (Å²) in [5, 5.41) is 17.2. The third kappa shape index (κ3) is 5.09. The van der Waals surface area contributed by atoms with E-state index in [-0.39, 0.29) is 17.8 Å². The Morgan fingerprint density at radius 1 is 1.34 bits per heavy atom. The van der Waals surface area contributed by atoms with E-state index in [2.05, 4.69) is 36.4 Å². The van der Waals surface area contributed by atoms with Gasteiger partial charge < -0.3 is 15.3 Å². The van der Waals surface area contributed by atoms with E-state index in [1.807, 2.05) is 30.7 Å². The number of rotatable bonds is 6. The van der Waals surface area contributed by atoms with Crippen LogP contribution in [0.4, 0.5) is 5.82 Å². The molecule has 2 atom stereocenters. The van der Waals surface area contributed by atoms with E-state index >= 15 is 0 Å². The number of carboxylic acid groups (broad SMARTS) is 1. The summed E-state index contributed by atoms with van der Waals surface area (Å²) in [5.74, 6) is 2.25. The molecule has 0 aromatic carbocycles. The number of nitrogens with zero attached hydrogens (tertiary/aromatic N) is 4. The van der Waals surface area contributed by atoms with Crippen LogP contribution in [0.1, 0.15) is 31.2 Å². The van der Waals surface area contributed by atoms with Crippen LogP contribution < -0.4 is 10.2 Å². The lowest BCUT2D eigenvalue weighted by Gasteiger charge is -2.32. The Hall–Kier alpha value is -2.94. The van der Waals surface area contributed by atoms with Crippen LogP contribution in [0.3, 0.4) is 0 Å². The van der Waals surface area contributed by atoms with Gasteiger partial charge in [0, 0.05) is 56.6 Å². The van der Waals surface area contributed by atoms with Crippen LogP contribution in [0, 0.1) is 17.3 Å². The van der Waals surface area contributed by atoms with Gasteiger partial charge in [-0.25, -0.2) is 4.98 Å². The number of fused-ring (bicyclic) bond motifs is 1. The Balaban J connectivity index is 0.000000775. The highest BCUT2D eigenvalue weighted by atomic mass is 16.3.